The zero-order valence-electron chi connectivity index (χ0n) is 18.4. The maximum Gasteiger partial charge on any atom is 0.227 e. The largest absolute Gasteiger partial charge is 0.368 e. The molecule has 0 aliphatic carbocycles. The molecule has 0 bridgehead atoms. The fraction of sp³-hybridized carbons (Fsp3) is 0.370. The highest BCUT2D eigenvalue weighted by atomic mass is 19.1. The first-order valence-electron chi connectivity index (χ1n) is 11.7. The number of carbonyl (C=O) groups excluding carboxylic acids is 1. The smallest absolute Gasteiger partial charge is 0.227 e. The molecule has 2 aliphatic rings. The molecule has 1 atom stereocenters. The van der Waals surface area contributed by atoms with Gasteiger partial charge >= 0.3 is 0 Å². The monoisotopic (exact) mass is 431 g/mol. The highest BCUT2D eigenvalue weighted by Crippen LogP contribution is 2.25. The number of nitrogens with zero attached hydrogens (tertiary/aromatic N) is 3. The van der Waals surface area contributed by atoms with Crippen molar-refractivity contribution in [2.75, 3.05) is 44.2 Å². The predicted octanol–water partition coefficient (Wildman–Crippen LogP) is 4.54. The molecule has 0 aromatic heterocycles. The molecule has 5 rings (SSSR count). The van der Waals surface area contributed by atoms with E-state index in [1.54, 1.807) is 0 Å². The summed E-state index contributed by atoms with van der Waals surface area (Å²) in [5.74, 6) is 0.162. The topological polar surface area (TPSA) is 26.8 Å². The number of fused-ring (bicyclic) bond motifs is 1. The highest BCUT2D eigenvalue weighted by molar-refractivity contribution is 5.85. The van der Waals surface area contributed by atoms with Crippen molar-refractivity contribution in [3.05, 3.63) is 78.1 Å². The van der Waals surface area contributed by atoms with Crippen LogP contribution in [0.5, 0.6) is 0 Å². The van der Waals surface area contributed by atoms with Crippen LogP contribution >= 0.6 is 0 Å². The molecule has 1 amide bonds. The molecule has 4 nitrogen and oxygen atoms in total. The Morgan fingerprint density at radius 3 is 2.44 bits per heavy atom. The Morgan fingerprint density at radius 1 is 0.875 bits per heavy atom. The Bertz CT molecular complexity index is 1070. The molecule has 0 radical (unpaired) electrons. The molecule has 2 heterocycles. The summed E-state index contributed by atoms with van der Waals surface area (Å²) >= 11 is 0. The lowest BCUT2D eigenvalue weighted by molar-refractivity contribution is -0.137. The molecule has 1 unspecified atom stereocenters. The number of hydrogen-bond donors (Lipinski definition) is 0. The van der Waals surface area contributed by atoms with Gasteiger partial charge in [-0.05, 0) is 60.0 Å². The van der Waals surface area contributed by atoms with E-state index in [-0.39, 0.29) is 11.7 Å². The second-order valence-electron chi connectivity index (χ2n) is 9.00. The summed E-state index contributed by atoms with van der Waals surface area (Å²) in [5, 5.41) is 2.58. The minimum Gasteiger partial charge on any atom is -0.368 e. The molecule has 0 spiro atoms. The first-order valence-corrected chi connectivity index (χ1v) is 11.7. The van der Waals surface area contributed by atoms with E-state index in [0.29, 0.717) is 5.91 Å². The number of hydrogen-bond acceptors (Lipinski definition) is 3. The number of halogens is 1. The van der Waals surface area contributed by atoms with Gasteiger partial charge in [-0.25, -0.2) is 4.39 Å². The third-order valence-corrected chi connectivity index (χ3v) is 6.91. The standard InChI is InChI=1S/C27H30FN3O/c28-24-10-12-25(13-11-24)30-15-17-31(18-16-30)27(32)23-8-4-14-29(20-23)19-22-7-3-6-21-5-1-2-9-26(21)22/h1-3,5-7,9-13,23H,4,8,14-20H2. The zero-order chi connectivity index (χ0) is 21.9. The van der Waals surface area contributed by atoms with Crippen molar-refractivity contribution in [2.45, 2.75) is 19.4 Å². The average molecular weight is 432 g/mol. The van der Waals surface area contributed by atoms with Crippen LogP contribution in [0.25, 0.3) is 10.8 Å². The van der Waals surface area contributed by atoms with Gasteiger partial charge in [-0.3, -0.25) is 9.69 Å². The van der Waals surface area contributed by atoms with Gasteiger partial charge in [-0.1, -0.05) is 42.5 Å². The van der Waals surface area contributed by atoms with Crippen LogP contribution in [0.2, 0.25) is 0 Å². The van der Waals surface area contributed by atoms with Gasteiger partial charge in [-0.15, -0.1) is 0 Å². The van der Waals surface area contributed by atoms with Crippen molar-refractivity contribution >= 4 is 22.4 Å². The number of benzene rings is 3. The van der Waals surface area contributed by atoms with E-state index < -0.39 is 0 Å². The van der Waals surface area contributed by atoms with E-state index in [1.165, 1.54) is 28.5 Å². The minimum absolute atomic E-state index is 0.0797. The number of carbonyl (C=O) groups is 1. The van der Waals surface area contributed by atoms with Gasteiger partial charge in [0.15, 0.2) is 0 Å². The van der Waals surface area contributed by atoms with Gasteiger partial charge in [0, 0.05) is 45.0 Å². The summed E-state index contributed by atoms with van der Waals surface area (Å²) in [7, 11) is 0. The van der Waals surface area contributed by atoms with Crippen molar-refractivity contribution in [3.8, 4) is 0 Å². The Hall–Kier alpha value is -2.92. The van der Waals surface area contributed by atoms with E-state index in [1.807, 2.05) is 17.0 Å². The number of anilines is 1. The lowest BCUT2D eigenvalue weighted by Crippen LogP contribution is -2.52. The van der Waals surface area contributed by atoms with Gasteiger partial charge in [-0.2, -0.15) is 0 Å². The number of amides is 1. The van der Waals surface area contributed by atoms with Crippen LogP contribution in [-0.4, -0.2) is 55.0 Å². The fourth-order valence-electron chi connectivity index (χ4n) is 5.17. The van der Waals surface area contributed by atoms with Crippen LogP contribution in [0.4, 0.5) is 10.1 Å². The van der Waals surface area contributed by atoms with Gasteiger partial charge in [0.05, 0.1) is 5.92 Å². The third kappa shape index (κ3) is 4.49. The number of rotatable bonds is 4. The van der Waals surface area contributed by atoms with Crippen molar-refractivity contribution < 1.29 is 9.18 Å². The number of piperazine rings is 1. The maximum atomic E-state index is 13.3. The van der Waals surface area contributed by atoms with E-state index >= 15 is 0 Å². The van der Waals surface area contributed by atoms with E-state index in [9.17, 15) is 9.18 Å². The van der Waals surface area contributed by atoms with E-state index in [4.69, 9.17) is 0 Å². The summed E-state index contributed by atoms with van der Waals surface area (Å²) in [6, 6.07) is 21.7. The maximum absolute atomic E-state index is 13.3. The Balaban J connectivity index is 1.19. The second-order valence-corrected chi connectivity index (χ2v) is 9.00. The lowest BCUT2D eigenvalue weighted by atomic mass is 9.95. The summed E-state index contributed by atoms with van der Waals surface area (Å²) in [5.41, 5.74) is 2.36. The second kappa shape index (κ2) is 9.29. The average Bonchev–Trinajstić information content (AvgIpc) is 2.85. The summed E-state index contributed by atoms with van der Waals surface area (Å²) in [4.78, 5) is 20.0. The quantitative estimate of drug-likeness (QED) is 0.607. The molecule has 2 aliphatic heterocycles. The van der Waals surface area contributed by atoms with Crippen molar-refractivity contribution in [1.29, 1.82) is 0 Å². The van der Waals surface area contributed by atoms with Crippen LogP contribution < -0.4 is 4.90 Å². The summed E-state index contributed by atoms with van der Waals surface area (Å²) in [6.07, 6.45) is 2.04. The van der Waals surface area contributed by atoms with Crippen molar-refractivity contribution in [1.82, 2.24) is 9.80 Å². The van der Waals surface area contributed by atoms with Crippen LogP contribution in [0.3, 0.4) is 0 Å². The number of piperidine rings is 1. The molecule has 0 saturated carbocycles. The SMILES string of the molecule is O=C(C1CCCN(Cc2cccc3ccccc23)C1)N1CCN(c2ccc(F)cc2)CC1. The van der Waals surface area contributed by atoms with E-state index in [2.05, 4.69) is 52.3 Å². The Labute approximate surface area is 189 Å². The number of likely N-dealkylation sites (tertiary alicyclic amines) is 1. The molecule has 0 N–H and O–H groups in total. The molecule has 32 heavy (non-hydrogen) atoms. The molecule has 2 fully saturated rings. The molecule has 3 aromatic rings. The van der Waals surface area contributed by atoms with Gasteiger partial charge in [0.2, 0.25) is 5.91 Å². The normalized spacial score (nSPS) is 20.0. The summed E-state index contributed by atoms with van der Waals surface area (Å²) in [6.45, 7) is 5.83. The first-order chi connectivity index (χ1) is 15.7. The molecular formula is C27H30FN3O. The summed E-state index contributed by atoms with van der Waals surface area (Å²) < 4.78 is 13.2. The zero-order valence-corrected chi connectivity index (χ0v) is 18.4. The van der Waals surface area contributed by atoms with Crippen molar-refractivity contribution in [3.63, 3.8) is 0 Å². The first kappa shape index (κ1) is 21.0. The van der Waals surface area contributed by atoms with Crippen molar-refractivity contribution in [2.24, 2.45) is 5.92 Å². The van der Waals surface area contributed by atoms with Gasteiger partial charge < -0.3 is 9.80 Å². The lowest BCUT2D eigenvalue weighted by Gasteiger charge is -2.39. The van der Waals surface area contributed by atoms with E-state index in [0.717, 1.165) is 64.3 Å². The van der Waals surface area contributed by atoms with Crippen LogP contribution in [0, 0.1) is 11.7 Å². The highest BCUT2D eigenvalue weighted by Gasteiger charge is 2.31. The molecule has 5 heteroatoms. The van der Waals surface area contributed by atoms with Gasteiger partial charge in [0.1, 0.15) is 5.82 Å². The third-order valence-electron chi connectivity index (χ3n) is 6.91. The van der Waals surface area contributed by atoms with Crippen LogP contribution in [0.15, 0.2) is 66.7 Å². The molecule has 2 saturated heterocycles. The fourth-order valence-corrected chi connectivity index (χ4v) is 5.17. The molecular weight excluding hydrogens is 401 g/mol. The Kier molecular flexibility index (Phi) is 6.08. The predicted molar refractivity (Wildman–Crippen MR) is 127 cm³/mol. The molecule has 166 valence electrons. The van der Waals surface area contributed by atoms with Gasteiger partial charge in [0.25, 0.3) is 0 Å². The Morgan fingerprint density at radius 2 is 1.62 bits per heavy atom. The van der Waals surface area contributed by atoms with Crippen LogP contribution in [0.1, 0.15) is 18.4 Å². The van der Waals surface area contributed by atoms with Crippen LogP contribution in [-0.2, 0) is 11.3 Å². The minimum atomic E-state index is -0.215. The molecule has 3 aromatic carbocycles.